The quantitative estimate of drug-likeness (QED) is 0.705. The molecule has 5 heteroatoms. The first kappa shape index (κ1) is 22.2. The molecule has 2 unspecified atom stereocenters. The second kappa shape index (κ2) is 8.50. The summed E-state index contributed by atoms with van der Waals surface area (Å²) in [7, 11) is 0. The van der Waals surface area contributed by atoms with Crippen molar-refractivity contribution in [2.45, 2.75) is 73.8 Å². The van der Waals surface area contributed by atoms with Crippen LogP contribution >= 0.6 is 0 Å². The van der Waals surface area contributed by atoms with Gasteiger partial charge in [0.25, 0.3) is 0 Å². The summed E-state index contributed by atoms with van der Waals surface area (Å²) < 4.78 is 0. The highest BCUT2D eigenvalue weighted by Gasteiger charge is 2.58. The van der Waals surface area contributed by atoms with E-state index in [2.05, 4.69) is 63.6 Å². The standard InChI is InChI=1S/C22H41N3O2/c1-8-9-17(4)10-20(27)25-14-21(6)12-24(13-22(21,7)15-25)11-19(26)23-18(5)16(2)3/h16-18H,8-15H2,1-7H3,(H,23,26)/t17?,18?,21-,22+. The largest absolute Gasteiger partial charge is 0.352 e. The van der Waals surface area contributed by atoms with E-state index in [4.69, 9.17) is 0 Å². The molecule has 2 saturated heterocycles. The molecule has 0 saturated carbocycles. The van der Waals surface area contributed by atoms with E-state index in [9.17, 15) is 9.59 Å². The zero-order chi connectivity index (χ0) is 20.4. The summed E-state index contributed by atoms with van der Waals surface area (Å²) in [6.45, 7) is 19.1. The summed E-state index contributed by atoms with van der Waals surface area (Å²) in [6, 6.07) is 0.198. The van der Waals surface area contributed by atoms with Gasteiger partial charge in [-0.2, -0.15) is 0 Å². The molecule has 0 aromatic rings. The Morgan fingerprint density at radius 3 is 2.04 bits per heavy atom. The molecule has 2 fully saturated rings. The van der Waals surface area contributed by atoms with Crippen molar-refractivity contribution in [3.05, 3.63) is 0 Å². The fourth-order valence-corrected chi connectivity index (χ4v) is 4.78. The third kappa shape index (κ3) is 5.04. The van der Waals surface area contributed by atoms with Crippen molar-refractivity contribution in [2.75, 3.05) is 32.7 Å². The van der Waals surface area contributed by atoms with Crippen molar-refractivity contribution in [1.82, 2.24) is 15.1 Å². The predicted molar refractivity (Wildman–Crippen MR) is 110 cm³/mol. The SMILES string of the molecule is CCCC(C)CC(=O)N1C[C@]2(C)CN(CC(=O)NC(C)C(C)C)C[C@]2(C)C1. The lowest BCUT2D eigenvalue weighted by Crippen LogP contribution is -2.44. The Kier molecular flexibility index (Phi) is 6.99. The van der Waals surface area contributed by atoms with Crippen LogP contribution in [0.15, 0.2) is 0 Å². The van der Waals surface area contributed by atoms with Gasteiger partial charge in [0.05, 0.1) is 6.54 Å². The second-order valence-electron chi connectivity index (χ2n) is 10.2. The maximum atomic E-state index is 12.7. The second-order valence-corrected chi connectivity index (χ2v) is 10.2. The van der Waals surface area contributed by atoms with Gasteiger partial charge in [-0.15, -0.1) is 0 Å². The van der Waals surface area contributed by atoms with Gasteiger partial charge in [0.1, 0.15) is 0 Å². The minimum Gasteiger partial charge on any atom is -0.352 e. The Morgan fingerprint density at radius 1 is 1.00 bits per heavy atom. The maximum absolute atomic E-state index is 12.7. The Bertz CT molecular complexity index is 530. The van der Waals surface area contributed by atoms with Crippen molar-refractivity contribution < 1.29 is 9.59 Å². The lowest BCUT2D eigenvalue weighted by atomic mass is 9.71. The topological polar surface area (TPSA) is 52.7 Å². The summed E-state index contributed by atoms with van der Waals surface area (Å²) in [5.74, 6) is 1.33. The molecule has 1 N–H and O–H groups in total. The first-order valence-electron chi connectivity index (χ1n) is 10.8. The van der Waals surface area contributed by atoms with Crippen LogP contribution in [0.5, 0.6) is 0 Å². The summed E-state index contributed by atoms with van der Waals surface area (Å²) in [5.41, 5.74) is 0.140. The Labute approximate surface area is 166 Å². The van der Waals surface area contributed by atoms with Crippen LogP contribution in [-0.2, 0) is 9.59 Å². The molecule has 2 rings (SSSR count). The zero-order valence-electron chi connectivity index (χ0n) is 18.6. The fraction of sp³-hybridized carbons (Fsp3) is 0.909. The number of rotatable bonds is 8. The van der Waals surface area contributed by atoms with Crippen LogP contribution in [0.3, 0.4) is 0 Å². The molecule has 0 aromatic heterocycles. The fourth-order valence-electron chi connectivity index (χ4n) is 4.78. The smallest absolute Gasteiger partial charge is 0.234 e. The number of likely N-dealkylation sites (tertiary alicyclic amines) is 2. The van der Waals surface area contributed by atoms with E-state index >= 15 is 0 Å². The van der Waals surface area contributed by atoms with E-state index < -0.39 is 0 Å². The van der Waals surface area contributed by atoms with Crippen LogP contribution in [0.1, 0.15) is 67.7 Å². The summed E-state index contributed by atoms with van der Waals surface area (Å²) >= 11 is 0. The van der Waals surface area contributed by atoms with Crippen LogP contribution < -0.4 is 5.32 Å². The highest BCUT2D eigenvalue weighted by atomic mass is 16.2. The van der Waals surface area contributed by atoms with Gasteiger partial charge < -0.3 is 10.2 Å². The van der Waals surface area contributed by atoms with Gasteiger partial charge in [0, 0.05) is 49.5 Å². The lowest BCUT2D eigenvalue weighted by molar-refractivity contribution is -0.132. The predicted octanol–water partition coefficient (Wildman–Crippen LogP) is 3.14. The van der Waals surface area contributed by atoms with Crippen LogP contribution in [0.2, 0.25) is 0 Å². The average molecular weight is 380 g/mol. The summed E-state index contributed by atoms with van der Waals surface area (Å²) in [5, 5.41) is 3.11. The average Bonchev–Trinajstić information content (AvgIpc) is 2.90. The molecular weight excluding hydrogens is 338 g/mol. The van der Waals surface area contributed by atoms with Crippen LogP contribution in [-0.4, -0.2) is 60.4 Å². The van der Waals surface area contributed by atoms with Crippen molar-refractivity contribution >= 4 is 11.8 Å². The van der Waals surface area contributed by atoms with E-state index in [1.165, 1.54) is 0 Å². The first-order chi connectivity index (χ1) is 12.5. The number of carbonyl (C=O) groups is 2. The van der Waals surface area contributed by atoms with Crippen LogP contribution in [0.4, 0.5) is 0 Å². The number of hydrogen-bond donors (Lipinski definition) is 1. The number of hydrogen-bond acceptors (Lipinski definition) is 3. The molecule has 2 aliphatic heterocycles. The van der Waals surface area contributed by atoms with Crippen LogP contribution in [0, 0.1) is 22.7 Å². The van der Waals surface area contributed by atoms with Crippen molar-refractivity contribution in [1.29, 1.82) is 0 Å². The molecule has 4 atom stereocenters. The van der Waals surface area contributed by atoms with Gasteiger partial charge >= 0.3 is 0 Å². The van der Waals surface area contributed by atoms with Gasteiger partial charge in [0.15, 0.2) is 0 Å². The minimum absolute atomic E-state index is 0.0700. The monoisotopic (exact) mass is 379 g/mol. The summed E-state index contributed by atoms with van der Waals surface area (Å²) in [4.78, 5) is 29.5. The lowest BCUT2D eigenvalue weighted by Gasteiger charge is -2.30. The molecule has 0 aromatic carbocycles. The molecule has 2 heterocycles. The summed E-state index contributed by atoms with van der Waals surface area (Å²) in [6.07, 6.45) is 2.92. The third-order valence-corrected chi connectivity index (χ3v) is 7.10. The van der Waals surface area contributed by atoms with Crippen molar-refractivity contribution in [3.63, 3.8) is 0 Å². The minimum atomic E-state index is 0.0700. The van der Waals surface area contributed by atoms with Crippen molar-refractivity contribution in [3.8, 4) is 0 Å². The Balaban J connectivity index is 1.91. The molecule has 0 radical (unpaired) electrons. The molecule has 2 aliphatic rings. The molecule has 0 spiro atoms. The van der Waals surface area contributed by atoms with Gasteiger partial charge in [-0.3, -0.25) is 14.5 Å². The molecule has 0 aliphatic carbocycles. The maximum Gasteiger partial charge on any atom is 0.234 e. The molecule has 27 heavy (non-hydrogen) atoms. The number of amides is 2. The molecular formula is C22H41N3O2. The molecule has 2 amide bonds. The van der Waals surface area contributed by atoms with E-state index in [0.717, 1.165) is 39.0 Å². The Morgan fingerprint density at radius 2 is 1.56 bits per heavy atom. The number of nitrogens with zero attached hydrogens (tertiary/aromatic N) is 2. The Hall–Kier alpha value is -1.10. The van der Waals surface area contributed by atoms with Crippen molar-refractivity contribution in [2.24, 2.45) is 22.7 Å². The van der Waals surface area contributed by atoms with E-state index in [1.54, 1.807) is 0 Å². The number of nitrogens with one attached hydrogen (secondary N) is 1. The molecule has 156 valence electrons. The van der Waals surface area contributed by atoms with Gasteiger partial charge in [0.2, 0.25) is 11.8 Å². The highest BCUT2D eigenvalue weighted by molar-refractivity contribution is 5.78. The highest BCUT2D eigenvalue weighted by Crippen LogP contribution is 2.51. The number of carbonyl (C=O) groups excluding carboxylic acids is 2. The first-order valence-corrected chi connectivity index (χ1v) is 10.8. The van der Waals surface area contributed by atoms with E-state index in [-0.39, 0.29) is 22.8 Å². The molecule has 0 bridgehead atoms. The van der Waals surface area contributed by atoms with Crippen LogP contribution in [0.25, 0.3) is 0 Å². The normalized spacial score (nSPS) is 30.4. The van der Waals surface area contributed by atoms with Gasteiger partial charge in [-0.05, 0) is 18.8 Å². The third-order valence-electron chi connectivity index (χ3n) is 7.10. The molecule has 5 nitrogen and oxygen atoms in total. The van der Waals surface area contributed by atoms with E-state index in [0.29, 0.717) is 30.7 Å². The number of fused-ring (bicyclic) bond motifs is 1. The van der Waals surface area contributed by atoms with E-state index in [1.807, 2.05) is 0 Å². The van der Waals surface area contributed by atoms with Gasteiger partial charge in [-0.1, -0.05) is 54.4 Å². The van der Waals surface area contributed by atoms with Gasteiger partial charge in [-0.25, -0.2) is 0 Å². The zero-order valence-corrected chi connectivity index (χ0v) is 18.6.